The molecular weight excluding hydrogens is 254 g/mol. The van der Waals surface area contributed by atoms with Gasteiger partial charge in [-0.3, -0.25) is 0 Å². The van der Waals surface area contributed by atoms with E-state index in [0.717, 1.165) is 0 Å². The lowest BCUT2D eigenvalue weighted by Crippen LogP contribution is -2.18. The summed E-state index contributed by atoms with van der Waals surface area (Å²) >= 11 is 1.61. The molecule has 0 aliphatic carbocycles. The Morgan fingerprint density at radius 2 is 1.75 bits per heavy atom. The first-order valence-corrected chi connectivity index (χ1v) is 2.04. The average Bonchev–Trinajstić information content (AvgIpc) is 1.31. The number of aliphatic carboxylic acids is 1. The van der Waals surface area contributed by atoms with Crippen molar-refractivity contribution >= 4 is 38.9 Å². The van der Waals surface area contributed by atoms with Crippen molar-refractivity contribution < 1.29 is 18.7 Å². The molecule has 0 amide bonds. The summed E-state index contributed by atoms with van der Waals surface area (Å²) in [7, 11) is 0. The standard InChI is InChI=1S/C2HBrF2O2.BrH/c3-2(4,5)1(6)7;/h(H,6,7);1H. The van der Waals surface area contributed by atoms with Crippen molar-refractivity contribution in [1.29, 1.82) is 0 Å². The Morgan fingerprint density at radius 1 is 1.62 bits per heavy atom. The monoisotopic (exact) mass is 254 g/mol. The highest BCUT2D eigenvalue weighted by Gasteiger charge is 2.34. The molecule has 0 atom stereocenters. The number of alkyl halides is 3. The Balaban J connectivity index is 0. The van der Waals surface area contributed by atoms with Gasteiger partial charge in [0.25, 0.3) is 0 Å². The first kappa shape index (κ1) is 11.1. The highest BCUT2D eigenvalue weighted by atomic mass is 79.9. The lowest BCUT2D eigenvalue weighted by Gasteiger charge is -1.96. The van der Waals surface area contributed by atoms with E-state index in [2.05, 4.69) is 0 Å². The van der Waals surface area contributed by atoms with Crippen molar-refractivity contribution in [2.45, 2.75) is 4.83 Å². The molecule has 0 bridgehead atoms. The van der Waals surface area contributed by atoms with Gasteiger partial charge in [0.05, 0.1) is 0 Å². The second-order valence-electron chi connectivity index (χ2n) is 0.803. The van der Waals surface area contributed by atoms with Crippen LogP contribution in [0.1, 0.15) is 0 Å². The number of hydrogen-bond acceptors (Lipinski definition) is 1. The number of halogens is 4. The van der Waals surface area contributed by atoms with Gasteiger partial charge >= 0.3 is 10.8 Å². The van der Waals surface area contributed by atoms with Crippen molar-refractivity contribution in [1.82, 2.24) is 0 Å². The van der Waals surface area contributed by atoms with Crippen LogP contribution < -0.4 is 0 Å². The molecule has 8 heavy (non-hydrogen) atoms. The summed E-state index contributed by atoms with van der Waals surface area (Å²) in [6, 6.07) is 0. The molecule has 0 aliphatic heterocycles. The summed E-state index contributed by atoms with van der Waals surface area (Å²) in [5.74, 6) is -2.17. The van der Waals surface area contributed by atoms with Gasteiger partial charge in [0.15, 0.2) is 0 Å². The van der Waals surface area contributed by atoms with Gasteiger partial charge in [-0.1, -0.05) is 0 Å². The number of carboxylic acid groups (broad SMARTS) is 1. The summed E-state index contributed by atoms with van der Waals surface area (Å²) in [6.45, 7) is 0. The van der Waals surface area contributed by atoms with Crippen LogP contribution in [0.4, 0.5) is 8.78 Å². The maximum atomic E-state index is 11.2. The Morgan fingerprint density at radius 3 is 1.75 bits per heavy atom. The van der Waals surface area contributed by atoms with Crippen LogP contribution >= 0.6 is 32.9 Å². The molecule has 0 aromatic heterocycles. The SMILES string of the molecule is Br.O=C(O)C(F)(F)Br. The number of rotatable bonds is 1. The molecular formula is C2H2Br2F2O2. The molecule has 0 saturated carbocycles. The van der Waals surface area contributed by atoms with E-state index in [0.29, 0.717) is 0 Å². The van der Waals surface area contributed by atoms with E-state index < -0.39 is 10.8 Å². The van der Waals surface area contributed by atoms with E-state index in [4.69, 9.17) is 5.11 Å². The Kier molecular flexibility index (Phi) is 4.65. The van der Waals surface area contributed by atoms with Gasteiger partial charge < -0.3 is 5.11 Å². The Hall–Kier alpha value is 0.290. The predicted octanol–water partition coefficient (Wildman–Crippen LogP) is 1.64. The van der Waals surface area contributed by atoms with Gasteiger partial charge in [0.2, 0.25) is 0 Å². The van der Waals surface area contributed by atoms with E-state index >= 15 is 0 Å². The fourth-order valence-corrected chi connectivity index (χ4v) is 0. The van der Waals surface area contributed by atoms with Gasteiger partial charge in [0, 0.05) is 15.9 Å². The summed E-state index contributed by atoms with van der Waals surface area (Å²) in [5.41, 5.74) is 0. The Labute approximate surface area is 62.8 Å². The smallest absolute Gasteiger partial charge is 0.395 e. The number of carboxylic acids is 1. The largest absolute Gasteiger partial charge is 0.476 e. The first-order valence-electron chi connectivity index (χ1n) is 1.24. The van der Waals surface area contributed by atoms with Crippen molar-refractivity contribution in [3.05, 3.63) is 0 Å². The molecule has 0 unspecified atom stereocenters. The third-order valence-electron chi connectivity index (χ3n) is 0.243. The van der Waals surface area contributed by atoms with E-state index in [1.54, 1.807) is 15.9 Å². The minimum atomic E-state index is -3.77. The lowest BCUT2D eigenvalue weighted by molar-refractivity contribution is -0.152. The van der Waals surface area contributed by atoms with Crippen LogP contribution in [0.5, 0.6) is 0 Å². The molecule has 0 fully saturated rings. The molecule has 0 saturated heterocycles. The number of hydrogen-bond donors (Lipinski definition) is 1. The zero-order valence-corrected chi connectivity index (χ0v) is 6.70. The predicted molar refractivity (Wildman–Crippen MR) is 31.8 cm³/mol. The van der Waals surface area contributed by atoms with Crippen LogP contribution in [-0.2, 0) is 4.79 Å². The minimum Gasteiger partial charge on any atom is -0.476 e. The Bertz CT molecular complexity index is 88.5. The lowest BCUT2D eigenvalue weighted by atomic mass is 10.7. The van der Waals surface area contributed by atoms with Crippen molar-refractivity contribution in [3.63, 3.8) is 0 Å². The van der Waals surface area contributed by atoms with Crippen molar-refractivity contribution in [2.75, 3.05) is 0 Å². The van der Waals surface area contributed by atoms with Crippen LogP contribution in [-0.4, -0.2) is 15.9 Å². The van der Waals surface area contributed by atoms with Gasteiger partial charge in [0.1, 0.15) is 0 Å². The second kappa shape index (κ2) is 3.34. The molecule has 6 heteroatoms. The summed E-state index contributed by atoms with van der Waals surface area (Å²) < 4.78 is 22.3. The zero-order valence-electron chi connectivity index (χ0n) is 3.40. The maximum Gasteiger partial charge on any atom is 0.395 e. The fraction of sp³-hybridized carbons (Fsp3) is 0.500. The third kappa shape index (κ3) is 4.45. The molecule has 0 rings (SSSR count). The molecule has 1 N–H and O–H groups in total. The molecule has 2 nitrogen and oxygen atoms in total. The molecule has 0 aliphatic rings. The third-order valence-corrected chi connectivity index (χ3v) is 0.582. The van der Waals surface area contributed by atoms with Gasteiger partial charge in [-0.2, -0.15) is 8.78 Å². The van der Waals surface area contributed by atoms with E-state index in [1.807, 2.05) is 0 Å². The minimum absolute atomic E-state index is 0. The molecule has 0 aromatic rings. The molecule has 0 heterocycles. The van der Waals surface area contributed by atoms with Crippen LogP contribution in [0.2, 0.25) is 0 Å². The maximum absolute atomic E-state index is 11.2. The zero-order chi connectivity index (χ0) is 6.08. The molecule has 0 aromatic carbocycles. The van der Waals surface area contributed by atoms with Crippen LogP contribution in [0.15, 0.2) is 0 Å². The number of carbonyl (C=O) groups is 1. The second-order valence-corrected chi connectivity index (χ2v) is 1.80. The molecule has 50 valence electrons. The van der Waals surface area contributed by atoms with E-state index in [1.165, 1.54) is 0 Å². The fourth-order valence-electron chi connectivity index (χ4n) is 0. The summed E-state index contributed by atoms with van der Waals surface area (Å²) in [4.78, 5) is 5.45. The van der Waals surface area contributed by atoms with Crippen LogP contribution in [0, 0.1) is 0 Å². The van der Waals surface area contributed by atoms with Crippen LogP contribution in [0.3, 0.4) is 0 Å². The highest BCUT2D eigenvalue weighted by molar-refractivity contribution is 9.10. The molecule has 0 radical (unpaired) electrons. The first-order chi connectivity index (χ1) is 2.94. The van der Waals surface area contributed by atoms with Crippen molar-refractivity contribution in [2.24, 2.45) is 0 Å². The van der Waals surface area contributed by atoms with E-state index in [-0.39, 0.29) is 17.0 Å². The van der Waals surface area contributed by atoms with Gasteiger partial charge in [-0.05, 0) is 0 Å². The van der Waals surface area contributed by atoms with Crippen LogP contribution in [0.25, 0.3) is 0 Å². The van der Waals surface area contributed by atoms with Gasteiger partial charge in [-0.15, -0.1) is 17.0 Å². The normalized spacial score (nSPS) is 9.88. The quantitative estimate of drug-likeness (QED) is 0.724. The summed E-state index contributed by atoms with van der Waals surface area (Å²) in [5, 5.41) is 7.45. The van der Waals surface area contributed by atoms with E-state index in [9.17, 15) is 13.6 Å². The van der Waals surface area contributed by atoms with Gasteiger partial charge in [-0.25, -0.2) is 4.79 Å². The topological polar surface area (TPSA) is 37.3 Å². The summed E-state index contributed by atoms with van der Waals surface area (Å²) in [6.07, 6.45) is 0. The highest BCUT2D eigenvalue weighted by Crippen LogP contribution is 2.20. The van der Waals surface area contributed by atoms with Crippen molar-refractivity contribution in [3.8, 4) is 0 Å². The molecule has 0 spiro atoms. The average molecular weight is 256 g/mol.